The number of H-pyrrole nitrogens is 1. The Morgan fingerprint density at radius 3 is 2.22 bits per heavy atom. The minimum Gasteiger partial charge on any atom is -0.497 e. The Hall–Kier alpha value is -4.53. The van der Waals surface area contributed by atoms with Crippen LogP contribution in [0.3, 0.4) is 0 Å². The number of aromatic nitrogens is 4. The Labute approximate surface area is 182 Å². The van der Waals surface area contributed by atoms with Crippen LogP contribution in [0.4, 0.5) is 5.69 Å². The van der Waals surface area contributed by atoms with Gasteiger partial charge >= 0.3 is 0 Å². The van der Waals surface area contributed by atoms with E-state index in [-0.39, 0.29) is 23.6 Å². The van der Waals surface area contributed by atoms with Gasteiger partial charge in [0.25, 0.3) is 11.1 Å². The molecular weight excluding hydrogens is 410 g/mol. The van der Waals surface area contributed by atoms with Gasteiger partial charge in [-0.1, -0.05) is 12.1 Å². The highest BCUT2D eigenvalue weighted by atomic mass is 16.5. The average molecular weight is 429 g/mol. The van der Waals surface area contributed by atoms with Gasteiger partial charge in [-0.25, -0.2) is 9.78 Å². The van der Waals surface area contributed by atoms with E-state index in [1.165, 1.54) is 12.1 Å². The number of benzene rings is 2. The van der Waals surface area contributed by atoms with Crippen LogP contribution in [0.2, 0.25) is 0 Å². The first-order valence-corrected chi connectivity index (χ1v) is 9.70. The van der Waals surface area contributed by atoms with Crippen LogP contribution < -0.4 is 21.2 Å². The normalized spacial score (nSPS) is 10.5. The average Bonchev–Trinajstić information content (AvgIpc) is 2.82. The van der Waals surface area contributed by atoms with Crippen molar-refractivity contribution >= 4 is 11.6 Å². The lowest BCUT2D eigenvalue weighted by Gasteiger charge is -2.09. The van der Waals surface area contributed by atoms with E-state index in [1.54, 1.807) is 55.6 Å². The monoisotopic (exact) mass is 429 g/mol. The van der Waals surface area contributed by atoms with Crippen molar-refractivity contribution in [3.8, 4) is 28.3 Å². The number of hydrogen-bond donors (Lipinski definition) is 2. The number of carbonyl (C=O) groups excluding carboxylic acids is 1. The molecule has 0 unspecified atom stereocenters. The van der Waals surface area contributed by atoms with Crippen molar-refractivity contribution < 1.29 is 9.53 Å². The quantitative estimate of drug-likeness (QED) is 0.486. The number of aromatic amines is 1. The third-order valence-electron chi connectivity index (χ3n) is 4.69. The van der Waals surface area contributed by atoms with E-state index in [1.807, 2.05) is 12.1 Å². The van der Waals surface area contributed by atoms with Crippen LogP contribution in [0.1, 0.15) is 0 Å². The van der Waals surface area contributed by atoms with Gasteiger partial charge in [0.05, 0.1) is 18.5 Å². The van der Waals surface area contributed by atoms with E-state index in [0.29, 0.717) is 22.8 Å². The number of nitrogens with zero attached hydrogens (tertiary/aromatic N) is 3. The molecule has 2 N–H and O–H groups in total. The molecule has 0 aliphatic carbocycles. The van der Waals surface area contributed by atoms with Gasteiger partial charge in [-0.15, -0.1) is 0 Å². The van der Waals surface area contributed by atoms with E-state index in [0.717, 1.165) is 15.8 Å². The maximum Gasteiger partial charge on any atom is 0.267 e. The maximum absolute atomic E-state index is 12.5. The number of ether oxygens (including phenoxy) is 1. The van der Waals surface area contributed by atoms with Crippen molar-refractivity contribution in [1.82, 2.24) is 20.0 Å². The summed E-state index contributed by atoms with van der Waals surface area (Å²) in [5, 5.41) is 13.4. The second kappa shape index (κ2) is 9.09. The molecule has 2 aromatic heterocycles. The molecule has 1 amide bonds. The first-order chi connectivity index (χ1) is 15.5. The zero-order valence-corrected chi connectivity index (χ0v) is 17.1. The van der Waals surface area contributed by atoms with Crippen LogP contribution in [-0.2, 0) is 11.3 Å². The summed E-state index contributed by atoms with van der Waals surface area (Å²) in [5.74, 6) is 0.324. The molecule has 4 rings (SSSR count). The number of methoxy groups -OCH3 is 1. The first-order valence-electron chi connectivity index (χ1n) is 9.70. The molecule has 9 nitrogen and oxygen atoms in total. The molecule has 32 heavy (non-hydrogen) atoms. The maximum atomic E-state index is 12.5. The highest BCUT2D eigenvalue weighted by Gasteiger charge is 2.09. The summed E-state index contributed by atoms with van der Waals surface area (Å²) in [6.07, 6.45) is 0. The predicted molar refractivity (Wildman–Crippen MR) is 119 cm³/mol. The van der Waals surface area contributed by atoms with Gasteiger partial charge in [-0.3, -0.25) is 14.4 Å². The zero-order chi connectivity index (χ0) is 22.5. The van der Waals surface area contributed by atoms with Crippen LogP contribution in [0.25, 0.3) is 22.5 Å². The number of rotatable bonds is 6. The largest absolute Gasteiger partial charge is 0.497 e. The summed E-state index contributed by atoms with van der Waals surface area (Å²) in [6, 6.07) is 20.2. The number of amides is 1. The highest BCUT2D eigenvalue weighted by Crippen LogP contribution is 2.20. The van der Waals surface area contributed by atoms with Crippen molar-refractivity contribution in [2.24, 2.45) is 0 Å². The van der Waals surface area contributed by atoms with Crippen molar-refractivity contribution in [3.63, 3.8) is 0 Å². The van der Waals surface area contributed by atoms with Crippen LogP contribution in [-0.4, -0.2) is 33.0 Å². The number of nitrogens with one attached hydrogen (secondary N) is 2. The summed E-state index contributed by atoms with van der Waals surface area (Å²) in [5.41, 5.74) is 2.65. The zero-order valence-electron chi connectivity index (χ0n) is 17.1. The minimum absolute atomic E-state index is 0.230. The first kappa shape index (κ1) is 20.7. The number of hydrogen-bond acceptors (Lipinski definition) is 6. The second-order valence-corrected chi connectivity index (χ2v) is 6.87. The van der Waals surface area contributed by atoms with Crippen LogP contribution in [0.5, 0.6) is 5.75 Å². The Bertz CT molecular complexity index is 1340. The SMILES string of the molecule is COc1ccc(-c2ccc(=O)n(CC(=O)Nc3ccc(-c4ccc(=O)[nH]n4)cc3)n2)cc1. The van der Waals surface area contributed by atoms with Crippen LogP contribution >= 0.6 is 0 Å². The van der Waals surface area contributed by atoms with E-state index < -0.39 is 0 Å². The number of anilines is 1. The van der Waals surface area contributed by atoms with Gasteiger partial charge in [0.15, 0.2) is 0 Å². The van der Waals surface area contributed by atoms with E-state index >= 15 is 0 Å². The Balaban J connectivity index is 1.46. The van der Waals surface area contributed by atoms with Crippen molar-refractivity contribution in [3.05, 3.63) is 93.5 Å². The summed E-state index contributed by atoms with van der Waals surface area (Å²) < 4.78 is 6.27. The fraction of sp³-hybridized carbons (Fsp3) is 0.0870. The lowest BCUT2D eigenvalue weighted by atomic mass is 10.1. The van der Waals surface area contributed by atoms with Crippen molar-refractivity contribution in [2.45, 2.75) is 6.54 Å². The fourth-order valence-corrected chi connectivity index (χ4v) is 3.04. The minimum atomic E-state index is -0.388. The lowest BCUT2D eigenvalue weighted by Crippen LogP contribution is -2.29. The summed E-state index contributed by atoms with van der Waals surface area (Å²) >= 11 is 0. The Morgan fingerprint density at radius 1 is 0.906 bits per heavy atom. The molecule has 160 valence electrons. The smallest absolute Gasteiger partial charge is 0.267 e. The molecule has 0 spiro atoms. The topological polar surface area (TPSA) is 119 Å². The number of carbonyl (C=O) groups is 1. The third kappa shape index (κ3) is 4.78. The standard InChI is InChI=1S/C23H19N5O4/c1-32-18-8-4-16(5-9-18)20-11-13-23(31)28(27-20)14-22(30)24-17-6-2-15(3-7-17)19-10-12-21(29)26-25-19/h2-13H,14H2,1H3,(H,24,30)(H,26,29). The van der Waals surface area contributed by atoms with Crippen LogP contribution in [0, 0.1) is 0 Å². The molecule has 0 aliphatic heterocycles. The van der Waals surface area contributed by atoms with Gasteiger partial charge in [-0.05, 0) is 48.5 Å². The van der Waals surface area contributed by atoms with Gasteiger partial charge in [0.2, 0.25) is 5.91 Å². The molecule has 0 fully saturated rings. The molecule has 0 radical (unpaired) electrons. The van der Waals surface area contributed by atoms with E-state index in [9.17, 15) is 14.4 Å². The molecule has 0 saturated heterocycles. The van der Waals surface area contributed by atoms with Gasteiger partial charge in [0.1, 0.15) is 12.3 Å². The molecule has 0 aliphatic rings. The van der Waals surface area contributed by atoms with Crippen LogP contribution in [0.15, 0.2) is 82.4 Å². The molecule has 0 atom stereocenters. The third-order valence-corrected chi connectivity index (χ3v) is 4.69. The summed E-state index contributed by atoms with van der Waals surface area (Å²) in [6.45, 7) is -0.230. The van der Waals surface area contributed by atoms with Gasteiger partial charge < -0.3 is 10.1 Å². The molecule has 0 bridgehead atoms. The fourth-order valence-electron chi connectivity index (χ4n) is 3.04. The van der Waals surface area contributed by atoms with Crippen molar-refractivity contribution in [1.29, 1.82) is 0 Å². The molecular formula is C23H19N5O4. The summed E-state index contributed by atoms with van der Waals surface area (Å²) in [7, 11) is 1.58. The molecule has 9 heteroatoms. The van der Waals surface area contributed by atoms with Gasteiger partial charge in [0, 0.05) is 28.9 Å². The Kier molecular flexibility index (Phi) is 5.89. The van der Waals surface area contributed by atoms with E-state index in [2.05, 4.69) is 20.6 Å². The highest BCUT2D eigenvalue weighted by molar-refractivity contribution is 5.90. The van der Waals surface area contributed by atoms with E-state index in [4.69, 9.17) is 4.74 Å². The van der Waals surface area contributed by atoms with Gasteiger partial charge in [-0.2, -0.15) is 10.2 Å². The second-order valence-electron chi connectivity index (χ2n) is 6.87. The molecule has 0 saturated carbocycles. The molecule has 2 aromatic carbocycles. The molecule has 2 heterocycles. The summed E-state index contributed by atoms with van der Waals surface area (Å²) in [4.78, 5) is 35.8. The predicted octanol–water partition coefficient (Wildman–Crippen LogP) is 2.31. The molecule has 4 aromatic rings. The van der Waals surface area contributed by atoms with Crippen molar-refractivity contribution in [2.75, 3.05) is 12.4 Å². The Morgan fingerprint density at radius 2 is 1.56 bits per heavy atom. The lowest BCUT2D eigenvalue weighted by molar-refractivity contribution is -0.117.